The first-order valence-electron chi connectivity index (χ1n) is 13.5. The number of carbonyl (C=O) groups excluding carboxylic acids is 2. The van der Waals surface area contributed by atoms with Crippen molar-refractivity contribution in [1.82, 2.24) is 20.3 Å². The van der Waals surface area contributed by atoms with Crippen LogP contribution in [0.1, 0.15) is 48.1 Å². The summed E-state index contributed by atoms with van der Waals surface area (Å²) in [5.41, 5.74) is -4.80. The summed E-state index contributed by atoms with van der Waals surface area (Å²) in [7, 11) is -2.03. The molecule has 1 aliphatic heterocycles. The fourth-order valence-electron chi connectivity index (χ4n) is 5.04. The molecule has 0 saturated carbocycles. The van der Waals surface area contributed by atoms with E-state index in [-0.39, 0.29) is 50.7 Å². The minimum atomic E-state index is -5.01. The van der Waals surface area contributed by atoms with Crippen molar-refractivity contribution in [1.29, 1.82) is 0 Å². The van der Waals surface area contributed by atoms with E-state index in [0.717, 1.165) is 11.2 Å². The van der Waals surface area contributed by atoms with E-state index in [1.54, 1.807) is 30.3 Å². The van der Waals surface area contributed by atoms with Gasteiger partial charge in [0.25, 0.3) is 5.91 Å². The molecule has 3 N–H and O–H groups in total. The zero-order chi connectivity index (χ0) is 33.0. The highest BCUT2D eigenvalue weighted by Gasteiger charge is 2.48. The summed E-state index contributed by atoms with van der Waals surface area (Å²) in [5.74, 6) is -0.614. The van der Waals surface area contributed by atoms with Crippen molar-refractivity contribution < 1.29 is 49.1 Å². The largest absolute Gasteiger partial charge is 0.416 e. The lowest BCUT2D eigenvalue weighted by Gasteiger charge is -2.47. The molecule has 1 fully saturated rings. The van der Waals surface area contributed by atoms with E-state index in [1.165, 1.54) is 14.0 Å². The lowest BCUT2D eigenvalue weighted by molar-refractivity contribution is -0.146. The second-order valence-corrected chi connectivity index (χ2v) is 12.5. The predicted octanol–water partition coefficient (Wildman–Crippen LogP) is 3.57. The lowest BCUT2D eigenvalue weighted by atomic mass is 9.75. The average molecular weight is 653 g/mol. The van der Waals surface area contributed by atoms with Crippen molar-refractivity contribution in [2.45, 2.75) is 49.3 Å². The minimum absolute atomic E-state index is 0.0411. The minimum Gasteiger partial charge on any atom is -0.372 e. The Morgan fingerprint density at radius 2 is 1.66 bits per heavy atom. The maximum absolute atomic E-state index is 13.5. The molecule has 2 aromatic carbocycles. The van der Waals surface area contributed by atoms with Crippen LogP contribution < -0.4 is 15.4 Å². The summed E-state index contributed by atoms with van der Waals surface area (Å²) in [4.78, 5) is 26.1. The third kappa shape index (κ3) is 8.56. The summed E-state index contributed by atoms with van der Waals surface area (Å²) in [6, 6.07) is 10.1. The van der Waals surface area contributed by atoms with Gasteiger partial charge in [0.05, 0.1) is 35.6 Å². The molecule has 1 saturated heterocycles. The summed E-state index contributed by atoms with van der Waals surface area (Å²) in [5, 5.41) is 6.24. The van der Waals surface area contributed by atoms with Gasteiger partial charge in [-0.25, -0.2) is 13.1 Å². The average Bonchev–Trinajstić information content (AvgIpc) is 2.97. The summed E-state index contributed by atoms with van der Waals surface area (Å²) in [6.45, 7) is 0.715. The zero-order valence-electron chi connectivity index (χ0n) is 24.2. The first-order chi connectivity index (χ1) is 20.4. The molecular formula is C28H34F6N4O5S. The zero-order valence-corrected chi connectivity index (χ0v) is 25.0. The Balaban J connectivity index is 1.86. The number of sulfonamides is 1. The van der Waals surface area contributed by atoms with Crippen LogP contribution in [0, 0.1) is 0 Å². The number of amides is 2. The number of rotatable bonds is 12. The molecule has 0 bridgehead atoms. The maximum Gasteiger partial charge on any atom is 0.416 e. The standard InChI is InChI=1S/C28H34F6N4O5S/c1-19(20-13-22(27(29,30)31)15-23(14-20)28(32,33)34)43-17-26(21-7-5-4-6-8-21)10-9-25(35-2,16-36-26)24(40)38(18-39)12-11-37-44(3,41)42/h4-8,13-15,18-19,35-37H,9-12,16-17H2,1-3H3/t19-,25-,26-/m1/s1. The number of likely N-dealkylation sites (N-methyl/N-ethyl adjacent to an activating group) is 1. The highest BCUT2D eigenvalue weighted by atomic mass is 32.2. The van der Waals surface area contributed by atoms with Gasteiger partial charge >= 0.3 is 12.4 Å². The molecule has 1 aliphatic rings. The van der Waals surface area contributed by atoms with Gasteiger partial charge in [0.15, 0.2) is 0 Å². The molecule has 16 heteroatoms. The van der Waals surface area contributed by atoms with Gasteiger partial charge in [0.2, 0.25) is 16.4 Å². The van der Waals surface area contributed by atoms with Crippen molar-refractivity contribution in [2.75, 3.05) is 39.5 Å². The quantitative estimate of drug-likeness (QED) is 0.237. The predicted molar refractivity (Wildman–Crippen MR) is 149 cm³/mol. The van der Waals surface area contributed by atoms with Crippen molar-refractivity contribution >= 4 is 22.3 Å². The topological polar surface area (TPSA) is 117 Å². The van der Waals surface area contributed by atoms with Crippen LogP contribution in [-0.2, 0) is 42.2 Å². The van der Waals surface area contributed by atoms with Crippen LogP contribution in [0.5, 0.6) is 0 Å². The van der Waals surface area contributed by atoms with Gasteiger partial charge in [0.1, 0.15) is 5.54 Å². The molecule has 0 aromatic heterocycles. The third-order valence-corrected chi connectivity index (χ3v) is 8.41. The third-order valence-electron chi connectivity index (χ3n) is 7.69. The Hall–Kier alpha value is -3.05. The van der Waals surface area contributed by atoms with Crippen LogP contribution >= 0.6 is 0 Å². The van der Waals surface area contributed by atoms with Gasteiger partial charge < -0.3 is 15.4 Å². The molecule has 0 spiro atoms. The molecule has 2 amide bonds. The molecule has 3 rings (SSSR count). The van der Waals surface area contributed by atoms with E-state index >= 15 is 0 Å². The van der Waals surface area contributed by atoms with Gasteiger partial charge in [0, 0.05) is 19.6 Å². The Kier molecular flexibility index (Phi) is 10.9. The number of hydrogen-bond acceptors (Lipinski definition) is 7. The molecule has 0 aliphatic carbocycles. The Morgan fingerprint density at radius 1 is 1.07 bits per heavy atom. The van der Waals surface area contributed by atoms with Crippen LogP contribution in [0.15, 0.2) is 48.5 Å². The van der Waals surface area contributed by atoms with E-state index in [4.69, 9.17) is 4.74 Å². The number of piperidine rings is 1. The number of nitrogens with zero attached hydrogens (tertiary/aromatic N) is 1. The molecular weight excluding hydrogens is 618 g/mol. The Bertz CT molecular complexity index is 1380. The monoisotopic (exact) mass is 652 g/mol. The first kappa shape index (κ1) is 35.4. The summed E-state index contributed by atoms with van der Waals surface area (Å²) >= 11 is 0. The SMILES string of the molecule is CN[C@]1(C(=O)N(C=O)CCNS(C)(=O)=O)CC[C@@](CO[C@H](C)c2cc(C(F)(F)F)cc(C(F)(F)F)c2)(c2ccccc2)NC1. The summed E-state index contributed by atoms with van der Waals surface area (Å²) < 4.78 is 111. The normalized spacial score (nSPS) is 21.9. The second kappa shape index (κ2) is 13.5. The molecule has 44 heavy (non-hydrogen) atoms. The molecule has 0 radical (unpaired) electrons. The Labute approximate surface area is 251 Å². The highest BCUT2D eigenvalue weighted by molar-refractivity contribution is 7.88. The van der Waals surface area contributed by atoms with Gasteiger partial charge in [-0.1, -0.05) is 30.3 Å². The van der Waals surface area contributed by atoms with Crippen LogP contribution in [0.4, 0.5) is 26.3 Å². The van der Waals surface area contributed by atoms with E-state index in [9.17, 15) is 44.3 Å². The maximum atomic E-state index is 13.5. The first-order valence-corrected chi connectivity index (χ1v) is 15.4. The number of hydrogen-bond donors (Lipinski definition) is 3. The van der Waals surface area contributed by atoms with E-state index < -0.39 is 56.6 Å². The van der Waals surface area contributed by atoms with Crippen LogP contribution in [0.2, 0.25) is 0 Å². The van der Waals surface area contributed by atoms with Crippen molar-refractivity contribution in [3.05, 3.63) is 70.8 Å². The van der Waals surface area contributed by atoms with Gasteiger partial charge in [-0.05, 0) is 56.1 Å². The number of imide groups is 1. The molecule has 2 aromatic rings. The number of halogens is 6. The van der Waals surface area contributed by atoms with Gasteiger partial charge in [-0.3, -0.25) is 14.5 Å². The summed E-state index contributed by atoms with van der Waals surface area (Å²) in [6.07, 6.45) is -9.59. The second-order valence-electron chi connectivity index (χ2n) is 10.7. The fourth-order valence-corrected chi connectivity index (χ4v) is 5.50. The molecule has 244 valence electrons. The Morgan fingerprint density at radius 3 is 2.11 bits per heavy atom. The van der Waals surface area contributed by atoms with E-state index in [0.29, 0.717) is 24.1 Å². The number of carbonyl (C=O) groups is 2. The number of alkyl halides is 6. The molecule has 0 unspecified atom stereocenters. The van der Waals surface area contributed by atoms with Gasteiger partial charge in [-0.15, -0.1) is 0 Å². The van der Waals surface area contributed by atoms with Crippen molar-refractivity contribution in [3.63, 3.8) is 0 Å². The fraction of sp³-hybridized carbons (Fsp3) is 0.500. The smallest absolute Gasteiger partial charge is 0.372 e. The van der Waals surface area contributed by atoms with Crippen LogP contribution in [0.3, 0.4) is 0 Å². The van der Waals surface area contributed by atoms with E-state index in [1.807, 2.05) is 0 Å². The van der Waals surface area contributed by atoms with Crippen molar-refractivity contribution in [3.8, 4) is 0 Å². The lowest BCUT2D eigenvalue weighted by Crippen LogP contribution is -2.68. The molecule has 3 atom stereocenters. The van der Waals surface area contributed by atoms with E-state index in [2.05, 4.69) is 15.4 Å². The van der Waals surface area contributed by atoms with Crippen molar-refractivity contribution in [2.24, 2.45) is 0 Å². The highest BCUT2D eigenvalue weighted by Crippen LogP contribution is 2.40. The number of benzene rings is 2. The number of ether oxygens (including phenoxy) is 1. The number of nitrogens with one attached hydrogen (secondary N) is 3. The van der Waals surface area contributed by atoms with Gasteiger partial charge in [-0.2, -0.15) is 26.3 Å². The van der Waals surface area contributed by atoms with Crippen LogP contribution in [-0.4, -0.2) is 70.7 Å². The molecule has 1 heterocycles. The molecule has 9 nitrogen and oxygen atoms in total. The van der Waals surface area contributed by atoms with Crippen LogP contribution in [0.25, 0.3) is 0 Å².